The van der Waals surface area contributed by atoms with E-state index in [-0.39, 0.29) is 21.6 Å². The first kappa shape index (κ1) is 13.4. The molecular weight excluding hydrogens is 220 g/mol. The Balaban J connectivity index is 4.78. The first-order valence-electron chi connectivity index (χ1n) is 4.09. The minimum Gasteiger partial charge on any atom is -0.430 e. The van der Waals surface area contributed by atoms with Crippen LogP contribution in [0.4, 0.5) is 0 Å². The molecule has 0 N–H and O–H groups in total. The maximum Gasteiger partial charge on any atom is 0.328 e. The predicted octanol–water partition coefficient (Wildman–Crippen LogP) is -0.832. The van der Waals surface area contributed by atoms with Crippen LogP contribution in [-0.4, -0.2) is 28.2 Å². The molecule has 0 aliphatic carbocycles. The minimum absolute atomic E-state index is 0.0490. The van der Waals surface area contributed by atoms with Crippen molar-refractivity contribution in [2.75, 3.05) is 0 Å². The first-order valence-corrected chi connectivity index (χ1v) is 5.09. The van der Waals surface area contributed by atoms with Gasteiger partial charge in [0.05, 0.1) is 10.2 Å². The van der Waals surface area contributed by atoms with Crippen LogP contribution in [0.25, 0.3) is 0 Å². The van der Waals surface area contributed by atoms with Gasteiger partial charge in [-0.1, -0.05) is 0 Å². The van der Waals surface area contributed by atoms with Gasteiger partial charge in [-0.05, 0) is 0 Å². The van der Waals surface area contributed by atoms with E-state index >= 15 is 0 Å². The number of hydrogen-bond acceptors (Lipinski definition) is 6. The van der Waals surface area contributed by atoms with Gasteiger partial charge in [0.15, 0.2) is 5.38 Å². The predicted molar refractivity (Wildman–Crippen MR) is 52.3 cm³/mol. The van der Waals surface area contributed by atoms with Gasteiger partial charge in [-0.15, -0.1) is 0 Å². The Kier molecular flexibility index (Phi) is 5.32. The number of hydrogen-bond donors (Lipinski definition) is 0. The lowest BCUT2D eigenvalue weighted by Gasteiger charge is -2.09. The molecule has 0 radical (unpaired) electrons. The third kappa shape index (κ3) is 6.44. The molecule has 7 heteroatoms. The molecule has 0 aliphatic rings. The fourth-order valence-corrected chi connectivity index (χ4v) is 1.17. The molecule has 0 saturated carbocycles. The highest BCUT2D eigenvalue weighted by Gasteiger charge is 2.13. The third-order valence-electron chi connectivity index (χ3n) is 1.06. The summed E-state index contributed by atoms with van der Waals surface area (Å²) in [5, 5.41) is 0.0490. The van der Waals surface area contributed by atoms with E-state index in [1.54, 1.807) is 0 Å². The van der Waals surface area contributed by atoms with Crippen molar-refractivity contribution in [1.82, 2.24) is 0 Å². The van der Waals surface area contributed by atoms with Crippen LogP contribution in [0.1, 0.15) is 20.8 Å². The van der Waals surface area contributed by atoms with E-state index in [0.717, 1.165) is 13.8 Å². The Morgan fingerprint density at radius 3 is 1.40 bits per heavy atom. The molecule has 0 saturated heterocycles. The number of esters is 3. The van der Waals surface area contributed by atoms with Crippen LogP contribution in [0.5, 0.6) is 0 Å². The van der Waals surface area contributed by atoms with E-state index in [1.807, 2.05) is 0 Å². The number of carbonyl (C=O) groups is 3. The fraction of sp³-hybridized carbons (Fsp3) is 0.375. The van der Waals surface area contributed by atoms with Crippen LogP contribution in [0.2, 0.25) is 0 Å². The second-order valence-electron chi connectivity index (χ2n) is 2.62. The van der Waals surface area contributed by atoms with Gasteiger partial charge < -0.3 is 14.2 Å². The van der Waals surface area contributed by atoms with Gasteiger partial charge in [0.1, 0.15) is 0 Å². The summed E-state index contributed by atoms with van der Waals surface area (Å²) in [6.45, 7) is 3.48. The van der Waals surface area contributed by atoms with E-state index in [4.69, 9.17) is 0 Å². The second kappa shape index (κ2) is 5.97. The van der Waals surface area contributed by atoms with Crippen molar-refractivity contribution in [3.05, 3.63) is 11.3 Å². The lowest BCUT2D eigenvalue weighted by Crippen LogP contribution is -2.12. The third-order valence-corrected chi connectivity index (χ3v) is 1.67. The summed E-state index contributed by atoms with van der Waals surface area (Å²) in [6, 6.07) is 0. The molecule has 0 unspecified atom stereocenters. The molecule has 0 atom stereocenters. The Hall–Kier alpha value is -1.63. The smallest absolute Gasteiger partial charge is 0.328 e. The molecule has 84 valence electrons. The summed E-state index contributed by atoms with van der Waals surface area (Å²) >= 11 is 0. The van der Waals surface area contributed by atoms with Crippen LogP contribution in [0.15, 0.2) is 11.3 Å². The van der Waals surface area contributed by atoms with Crippen LogP contribution >= 0.6 is 0 Å². The summed E-state index contributed by atoms with van der Waals surface area (Å²) in [5.41, 5.74) is 0. The lowest BCUT2D eigenvalue weighted by atomic mass is 10.7. The minimum atomic E-state index is -0.660. The lowest BCUT2D eigenvalue weighted by molar-refractivity contribution is -0.153. The van der Waals surface area contributed by atoms with E-state index in [2.05, 4.69) is 14.2 Å². The molecule has 15 heavy (non-hydrogen) atoms. The van der Waals surface area contributed by atoms with Crippen LogP contribution in [0, 0.1) is 0 Å². The van der Waals surface area contributed by atoms with Crippen molar-refractivity contribution in [3.63, 3.8) is 0 Å². The zero-order valence-corrected chi connectivity index (χ0v) is 10.9. The molecule has 0 fully saturated rings. The van der Waals surface area contributed by atoms with Crippen molar-refractivity contribution in [2.45, 2.75) is 20.8 Å². The molecule has 0 aliphatic heterocycles. The first-order chi connectivity index (χ1) is 6.82. The Labute approximate surface area is 89.6 Å². The standard InChI is InChI=1S/C8H12O6Si/c1-4(9)12-7(13-5(2)10)8(15)14-6(3)11/h1-3,15H3. The van der Waals surface area contributed by atoms with Crippen LogP contribution < -0.4 is 0 Å². The average molecular weight is 232 g/mol. The van der Waals surface area contributed by atoms with Gasteiger partial charge in [0, 0.05) is 20.8 Å². The van der Waals surface area contributed by atoms with E-state index in [0.29, 0.717) is 0 Å². The maximum atomic E-state index is 10.7. The van der Waals surface area contributed by atoms with Crippen molar-refractivity contribution >= 4 is 28.2 Å². The summed E-state index contributed by atoms with van der Waals surface area (Å²) in [4.78, 5) is 31.9. The van der Waals surface area contributed by atoms with Crippen LogP contribution in [-0.2, 0) is 28.6 Å². The fourth-order valence-electron chi connectivity index (χ4n) is 0.683. The summed E-state index contributed by atoms with van der Waals surface area (Å²) in [7, 11) is 0.263. The van der Waals surface area contributed by atoms with Gasteiger partial charge in [-0.3, -0.25) is 14.4 Å². The topological polar surface area (TPSA) is 78.9 Å². The average Bonchev–Trinajstić information content (AvgIpc) is 1.99. The molecule has 0 heterocycles. The quantitative estimate of drug-likeness (QED) is 0.359. The molecule has 0 aromatic rings. The monoisotopic (exact) mass is 232 g/mol. The Morgan fingerprint density at radius 2 is 1.13 bits per heavy atom. The zero-order valence-electron chi connectivity index (χ0n) is 8.95. The van der Waals surface area contributed by atoms with E-state index < -0.39 is 17.9 Å². The molecule has 6 nitrogen and oxygen atoms in total. The molecule has 0 aromatic carbocycles. The highest BCUT2D eigenvalue weighted by atomic mass is 28.1. The Morgan fingerprint density at radius 1 is 0.800 bits per heavy atom. The number of ether oxygens (including phenoxy) is 3. The zero-order chi connectivity index (χ0) is 12.0. The van der Waals surface area contributed by atoms with Crippen molar-refractivity contribution < 1.29 is 28.6 Å². The maximum absolute atomic E-state index is 10.7. The highest BCUT2D eigenvalue weighted by molar-refractivity contribution is 6.21. The molecule has 0 bridgehead atoms. The molecular formula is C8H12O6Si. The van der Waals surface area contributed by atoms with E-state index in [1.165, 1.54) is 6.92 Å². The summed E-state index contributed by atoms with van der Waals surface area (Å²) in [5.74, 6) is -2.26. The van der Waals surface area contributed by atoms with Gasteiger partial charge in [0.2, 0.25) is 0 Å². The highest BCUT2D eigenvalue weighted by Crippen LogP contribution is 2.08. The SMILES string of the molecule is CC(=O)OC([SiH3])=C(OC(C)=O)OC(C)=O. The molecule has 0 rings (SSSR count). The summed E-state index contributed by atoms with van der Waals surface area (Å²) < 4.78 is 13.8. The van der Waals surface area contributed by atoms with Gasteiger partial charge in [-0.25, -0.2) is 0 Å². The van der Waals surface area contributed by atoms with Crippen molar-refractivity contribution in [1.29, 1.82) is 0 Å². The summed E-state index contributed by atoms with van der Waals surface area (Å²) in [6.07, 6.45) is 0. The second-order valence-corrected chi connectivity index (χ2v) is 3.53. The van der Waals surface area contributed by atoms with Gasteiger partial charge >= 0.3 is 23.9 Å². The van der Waals surface area contributed by atoms with E-state index in [9.17, 15) is 14.4 Å². The molecule has 0 aromatic heterocycles. The van der Waals surface area contributed by atoms with Crippen molar-refractivity contribution in [3.8, 4) is 0 Å². The largest absolute Gasteiger partial charge is 0.430 e. The van der Waals surface area contributed by atoms with Crippen LogP contribution in [0.3, 0.4) is 0 Å². The number of carbonyl (C=O) groups excluding carboxylic acids is 3. The molecule has 0 spiro atoms. The van der Waals surface area contributed by atoms with Gasteiger partial charge in [-0.2, -0.15) is 0 Å². The number of rotatable bonds is 3. The molecule has 0 amide bonds. The van der Waals surface area contributed by atoms with Crippen molar-refractivity contribution in [2.24, 2.45) is 0 Å². The van der Waals surface area contributed by atoms with Gasteiger partial charge in [0.25, 0.3) is 0 Å². The normalized spacial score (nSPS) is 9.00. The Bertz CT molecular complexity index is 301.